The third-order valence-corrected chi connectivity index (χ3v) is 4.42. The summed E-state index contributed by atoms with van der Waals surface area (Å²) in [6.07, 6.45) is 2.35. The standard InChI is InChI=1S/C16H29N5O3.HI/c1-20(2)15(23)9-18-16(17-8-12-6-7-24-11-12)19-13-4-5-14(22)21(3)10-13;/h12-13H,4-11H2,1-3H3,(H2,17,18,19);1H. The zero-order valence-electron chi connectivity index (χ0n) is 15.3. The van der Waals surface area contributed by atoms with Gasteiger partial charge in [0.15, 0.2) is 5.96 Å². The fourth-order valence-electron chi connectivity index (χ4n) is 2.75. The molecule has 0 spiro atoms. The lowest BCUT2D eigenvalue weighted by molar-refractivity contribution is -0.132. The molecule has 2 atom stereocenters. The normalized spacial score (nSPS) is 23.9. The zero-order chi connectivity index (χ0) is 17.5. The topological polar surface area (TPSA) is 86.3 Å². The van der Waals surface area contributed by atoms with Crippen LogP contribution in [0, 0.1) is 5.92 Å². The summed E-state index contributed by atoms with van der Waals surface area (Å²) in [5.41, 5.74) is 0. The van der Waals surface area contributed by atoms with E-state index in [4.69, 9.17) is 4.74 Å². The molecular formula is C16H30IN5O3. The molecular weight excluding hydrogens is 437 g/mol. The van der Waals surface area contributed by atoms with Crippen LogP contribution in [0.15, 0.2) is 4.99 Å². The summed E-state index contributed by atoms with van der Waals surface area (Å²) < 4.78 is 5.39. The van der Waals surface area contributed by atoms with Crippen molar-refractivity contribution in [1.29, 1.82) is 0 Å². The van der Waals surface area contributed by atoms with Gasteiger partial charge >= 0.3 is 0 Å². The van der Waals surface area contributed by atoms with E-state index in [9.17, 15) is 9.59 Å². The van der Waals surface area contributed by atoms with Gasteiger partial charge in [-0.15, -0.1) is 24.0 Å². The number of likely N-dealkylation sites (N-methyl/N-ethyl adjacent to an activating group) is 2. The summed E-state index contributed by atoms with van der Waals surface area (Å²) in [6.45, 7) is 3.08. The summed E-state index contributed by atoms with van der Waals surface area (Å²) in [4.78, 5) is 31.0. The summed E-state index contributed by atoms with van der Waals surface area (Å²) in [6, 6.07) is 0.147. The highest BCUT2D eigenvalue weighted by Gasteiger charge is 2.24. The van der Waals surface area contributed by atoms with Crippen molar-refractivity contribution in [1.82, 2.24) is 20.4 Å². The van der Waals surface area contributed by atoms with Gasteiger partial charge in [-0.2, -0.15) is 0 Å². The first-order valence-electron chi connectivity index (χ1n) is 8.52. The van der Waals surface area contributed by atoms with Crippen LogP contribution in [0.5, 0.6) is 0 Å². The van der Waals surface area contributed by atoms with Crippen LogP contribution in [0.1, 0.15) is 19.3 Å². The molecule has 0 aliphatic carbocycles. The fourth-order valence-corrected chi connectivity index (χ4v) is 2.75. The van der Waals surface area contributed by atoms with E-state index >= 15 is 0 Å². The first-order chi connectivity index (χ1) is 11.5. The van der Waals surface area contributed by atoms with E-state index in [1.54, 1.807) is 19.0 Å². The molecule has 0 aromatic carbocycles. The SMILES string of the molecule is CN(C)C(=O)CN=C(NCC1CCOC1)NC1CCC(=O)N(C)C1.I. The number of amides is 2. The molecule has 9 heteroatoms. The number of guanidine groups is 1. The van der Waals surface area contributed by atoms with Crippen molar-refractivity contribution >= 4 is 41.8 Å². The molecule has 2 saturated heterocycles. The molecule has 2 aliphatic heterocycles. The molecule has 2 heterocycles. The molecule has 2 N–H and O–H groups in total. The first-order valence-corrected chi connectivity index (χ1v) is 8.52. The Morgan fingerprint density at radius 1 is 1.40 bits per heavy atom. The maximum atomic E-state index is 11.8. The minimum Gasteiger partial charge on any atom is -0.381 e. The highest BCUT2D eigenvalue weighted by molar-refractivity contribution is 14.0. The Kier molecular flexibility index (Phi) is 9.47. The van der Waals surface area contributed by atoms with Gasteiger partial charge in [-0.05, 0) is 12.8 Å². The Morgan fingerprint density at radius 2 is 2.16 bits per heavy atom. The number of likely N-dealkylation sites (tertiary alicyclic amines) is 1. The Balaban J connectivity index is 0.00000312. The molecule has 0 aromatic rings. The smallest absolute Gasteiger partial charge is 0.243 e. The van der Waals surface area contributed by atoms with Gasteiger partial charge in [0.05, 0.1) is 6.61 Å². The summed E-state index contributed by atoms with van der Waals surface area (Å²) in [5.74, 6) is 1.23. The number of aliphatic imine (C=N–C) groups is 1. The Bertz CT molecular complexity index is 480. The summed E-state index contributed by atoms with van der Waals surface area (Å²) >= 11 is 0. The zero-order valence-corrected chi connectivity index (χ0v) is 17.6. The van der Waals surface area contributed by atoms with Crippen LogP contribution in [-0.2, 0) is 14.3 Å². The summed E-state index contributed by atoms with van der Waals surface area (Å²) in [7, 11) is 5.25. The van der Waals surface area contributed by atoms with Gasteiger partial charge in [0, 0.05) is 59.2 Å². The van der Waals surface area contributed by atoms with Crippen molar-refractivity contribution < 1.29 is 14.3 Å². The largest absolute Gasteiger partial charge is 0.381 e. The fraction of sp³-hybridized carbons (Fsp3) is 0.812. The molecule has 2 fully saturated rings. The number of halogens is 1. The van der Waals surface area contributed by atoms with E-state index < -0.39 is 0 Å². The van der Waals surface area contributed by atoms with Crippen molar-refractivity contribution in [2.24, 2.45) is 10.9 Å². The summed E-state index contributed by atoms with van der Waals surface area (Å²) in [5, 5.41) is 6.67. The molecule has 0 radical (unpaired) electrons. The van der Waals surface area contributed by atoms with Gasteiger partial charge in [0.25, 0.3) is 0 Å². The monoisotopic (exact) mass is 467 g/mol. The molecule has 2 rings (SSSR count). The highest BCUT2D eigenvalue weighted by atomic mass is 127. The van der Waals surface area contributed by atoms with Gasteiger partial charge in [0.1, 0.15) is 6.54 Å². The molecule has 144 valence electrons. The number of hydrogen-bond acceptors (Lipinski definition) is 4. The van der Waals surface area contributed by atoms with Crippen molar-refractivity contribution in [3.63, 3.8) is 0 Å². The molecule has 2 unspecified atom stereocenters. The number of nitrogens with zero attached hydrogens (tertiary/aromatic N) is 3. The number of hydrogen-bond donors (Lipinski definition) is 2. The first kappa shape index (κ1) is 21.9. The maximum Gasteiger partial charge on any atom is 0.243 e. The third-order valence-electron chi connectivity index (χ3n) is 4.42. The van der Waals surface area contributed by atoms with E-state index in [2.05, 4.69) is 15.6 Å². The van der Waals surface area contributed by atoms with Crippen molar-refractivity contribution in [3.05, 3.63) is 0 Å². The van der Waals surface area contributed by atoms with E-state index in [0.717, 1.165) is 32.6 Å². The molecule has 25 heavy (non-hydrogen) atoms. The van der Waals surface area contributed by atoms with Crippen LogP contribution in [-0.4, -0.2) is 87.6 Å². The van der Waals surface area contributed by atoms with Gasteiger partial charge in [-0.3, -0.25) is 9.59 Å². The Labute approximate surface area is 166 Å². The molecule has 2 aliphatic rings. The van der Waals surface area contributed by atoms with Gasteiger partial charge in [-0.25, -0.2) is 4.99 Å². The maximum absolute atomic E-state index is 11.8. The van der Waals surface area contributed by atoms with E-state index in [-0.39, 0.29) is 48.4 Å². The Morgan fingerprint density at radius 3 is 2.76 bits per heavy atom. The lowest BCUT2D eigenvalue weighted by Crippen LogP contribution is -2.52. The average molecular weight is 467 g/mol. The quantitative estimate of drug-likeness (QED) is 0.335. The number of rotatable bonds is 5. The molecule has 2 amide bonds. The number of nitrogens with one attached hydrogen (secondary N) is 2. The number of piperidine rings is 1. The van der Waals surface area contributed by atoms with E-state index in [1.165, 1.54) is 4.90 Å². The Hall–Kier alpha value is -1.10. The molecule has 0 bridgehead atoms. The predicted octanol–water partition coefficient (Wildman–Crippen LogP) is -0.115. The van der Waals surface area contributed by atoms with Gasteiger partial charge in [0.2, 0.25) is 11.8 Å². The number of ether oxygens (including phenoxy) is 1. The second-order valence-electron chi connectivity index (χ2n) is 6.72. The molecule has 8 nitrogen and oxygen atoms in total. The molecule has 0 aromatic heterocycles. The molecule has 0 saturated carbocycles. The third kappa shape index (κ3) is 7.35. The number of carbonyl (C=O) groups excluding carboxylic acids is 2. The van der Waals surface area contributed by atoms with Crippen LogP contribution in [0.3, 0.4) is 0 Å². The van der Waals surface area contributed by atoms with Crippen LogP contribution in [0.25, 0.3) is 0 Å². The average Bonchev–Trinajstić information content (AvgIpc) is 3.06. The van der Waals surface area contributed by atoms with Crippen LogP contribution < -0.4 is 10.6 Å². The minimum atomic E-state index is -0.0451. The second kappa shape index (κ2) is 10.8. The van der Waals surface area contributed by atoms with Gasteiger partial charge < -0.3 is 25.2 Å². The minimum absolute atomic E-state index is 0. The van der Waals surface area contributed by atoms with Gasteiger partial charge in [-0.1, -0.05) is 0 Å². The van der Waals surface area contributed by atoms with Crippen LogP contribution in [0.2, 0.25) is 0 Å². The van der Waals surface area contributed by atoms with E-state index in [1.807, 2.05) is 7.05 Å². The number of carbonyl (C=O) groups is 2. The second-order valence-corrected chi connectivity index (χ2v) is 6.72. The lowest BCUT2D eigenvalue weighted by atomic mass is 10.1. The van der Waals surface area contributed by atoms with Crippen molar-refractivity contribution in [2.75, 3.05) is 54.0 Å². The highest BCUT2D eigenvalue weighted by Crippen LogP contribution is 2.11. The predicted molar refractivity (Wildman–Crippen MR) is 107 cm³/mol. The van der Waals surface area contributed by atoms with Crippen LogP contribution >= 0.6 is 24.0 Å². The lowest BCUT2D eigenvalue weighted by Gasteiger charge is -2.31. The van der Waals surface area contributed by atoms with Crippen LogP contribution in [0.4, 0.5) is 0 Å². The van der Waals surface area contributed by atoms with Crippen molar-refractivity contribution in [3.8, 4) is 0 Å². The van der Waals surface area contributed by atoms with Crippen molar-refractivity contribution in [2.45, 2.75) is 25.3 Å². The van der Waals surface area contributed by atoms with E-state index in [0.29, 0.717) is 24.8 Å².